The fourth-order valence-electron chi connectivity index (χ4n) is 2.82. The number of hydrogen-bond acceptors (Lipinski definition) is 2. The lowest BCUT2D eigenvalue weighted by atomic mass is 9.96. The van der Waals surface area contributed by atoms with Crippen molar-refractivity contribution >= 4 is 16.8 Å². The molecular weight excluding hydrogens is 307 g/mol. The number of hydrogen-bond donors (Lipinski definition) is 3. The van der Waals surface area contributed by atoms with Crippen LogP contribution >= 0.6 is 0 Å². The largest absolute Gasteiger partial charge is 0.396 e. The molecule has 0 saturated heterocycles. The number of H-pyrrole nitrogens is 1. The van der Waals surface area contributed by atoms with Crippen molar-refractivity contribution in [3.05, 3.63) is 71.7 Å². The molecule has 0 spiro atoms. The molecule has 1 unspecified atom stereocenters. The summed E-state index contributed by atoms with van der Waals surface area (Å²) in [7, 11) is 0. The van der Waals surface area contributed by atoms with E-state index in [0.717, 1.165) is 5.56 Å². The Morgan fingerprint density at radius 2 is 1.96 bits per heavy atom. The third kappa shape index (κ3) is 3.46. The highest BCUT2D eigenvalue weighted by Gasteiger charge is 2.15. The first-order valence-corrected chi connectivity index (χ1v) is 7.90. The zero-order chi connectivity index (χ0) is 16.9. The number of nitrogens with one attached hydrogen (secondary N) is 2. The first-order valence-electron chi connectivity index (χ1n) is 7.90. The maximum atomic E-state index is 13.7. The topological polar surface area (TPSA) is 65.1 Å². The number of fused-ring (bicyclic) bond motifs is 1. The molecule has 124 valence electrons. The highest BCUT2D eigenvalue weighted by atomic mass is 19.1. The molecule has 3 aromatic rings. The van der Waals surface area contributed by atoms with Gasteiger partial charge < -0.3 is 15.4 Å². The van der Waals surface area contributed by atoms with Crippen molar-refractivity contribution in [2.24, 2.45) is 0 Å². The molecule has 1 aromatic heterocycles. The van der Waals surface area contributed by atoms with Crippen molar-refractivity contribution in [2.75, 3.05) is 13.2 Å². The zero-order valence-electron chi connectivity index (χ0n) is 13.1. The van der Waals surface area contributed by atoms with E-state index in [1.807, 2.05) is 30.3 Å². The molecule has 3 N–H and O–H groups in total. The van der Waals surface area contributed by atoms with Crippen LogP contribution in [0.2, 0.25) is 0 Å². The van der Waals surface area contributed by atoms with Gasteiger partial charge in [-0.05, 0) is 30.2 Å². The van der Waals surface area contributed by atoms with E-state index in [-0.39, 0.29) is 24.2 Å². The minimum absolute atomic E-state index is 0.0289. The van der Waals surface area contributed by atoms with Gasteiger partial charge in [-0.15, -0.1) is 0 Å². The van der Waals surface area contributed by atoms with Gasteiger partial charge in [0.25, 0.3) is 5.91 Å². The van der Waals surface area contributed by atoms with Crippen LogP contribution < -0.4 is 5.32 Å². The standard InChI is InChI=1S/C19H19FN2O2/c20-16-7-4-8-17-15(16)11-18(22-17)19(24)21-12-14(9-10-23)13-5-2-1-3-6-13/h1-8,11,14,22-23H,9-10,12H2,(H,21,24). The molecule has 5 heteroatoms. The summed E-state index contributed by atoms with van der Waals surface area (Å²) in [6.45, 7) is 0.453. The van der Waals surface area contributed by atoms with Gasteiger partial charge in [-0.1, -0.05) is 36.4 Å². The molecule has 0 bridgehead atoms. The van der Waals surface area contributed by atoms with Crippen LogP contribution in [-0.2, 0) is 0 Å². The first kappa shape index (κ1) is 16.2. The Labute approximate surface area is 139 Å². The van der Waals surface area contributed by atoms with Gasteiger partial charge in [0.1, 0.15) is 11.5 Å². The van der Waals surface area contributed by atoms with Gasteiger partial charge >= 0.3 is 0 Å². The summed E-state index contributed by atoms with van der Waals surface area (Å²) in [6, 6.07) is 16.0. The number of amides is 1. The summed E-state index contributed by atoms with van der Waals surface area (Å²) in [5.41, 5.74) is 1.98. The molecule has 1 heterocycles. The van der Waals surface area contributed by atoms with Crippen LogP contribution in [0.1, 0.15) is 28.4 Å². The van der Waals surface area contributed by atoms with E-state index in [1.54, 1.807) is 12.1 Å². The number of carbonyl (C=O) groups is 1. The van der Waals surface area contributed by atoms with E-state index in [2.05, 4.69) is 10.3 Å². The molecule has 1 amide bonds. The van der Waals surface area contributed by atoms with E-state index in [1.165, 1.54) is 12.1 Å². The SMILES string of the molecule is O=C(NCC(CCO)c1ccccc1)c1cc2c(F)cccc2[nH]1. The van der Waals surface area contributed by atoms with Gasteiger partial charge in [0.05, 0.1) is 0 Å². The molecule has 2 aromatic carbocycles. The number of benzene rings is 2. The van der Waals surface area contributed by atoms with Gasteiger partial charge in [-0.3, -0.25) is 4.79 Å². The van der Waals surface area contributed by atoms with Crippen molar-refractivity contribution in [1.82, 2.24) is 10.3 Å². The summed E-state index contributed by atoms with van der Waals surface area (Å²) in [5.74, 6) is -0.615. The van der Waals surface area contributed by atoms with Gasteiger partial charge in [0, 0.05) is 30.0 Å². The van der Waals surface area contributed by atoms with Crippen LogP contribution in [0.25, 0.3) is 10.9 Å². The third-order valence-corrected chi connectivity index (χ3v) is 4.11. The lowest BCUT2D eigenvalue weighted by Crippen LogP contribution is -2.29. The van der Waals surface area contributed by atoms with Gasteiger partial charge in [0.15, 0.2) is 0 Å². The first-order chi connectivity index (χ1) is 11.7. The molecular formula is C19H19FN2O2. The second-order valence-electron chi connectivity index (χ2n) is 5.71. The second kappa shape index (κ2) is 7.27. The van der Waals surface area contributed by atoms with Gasteiger partial charge in [-0.25, -0.2) is 4.39 Å². The molecule has 0 aliphatic carbocycles. The van der Waals surface area contributed by atoms with E-state index in [4.69, 9.17) is 0 Å². The minimum Gasteiger partial charge on any atom is -0.396 e. The van der Waals surface area contributed by atoms with Crippen molar-refractivity contribution in [3.63, 3.8) is 0 Å². The van der Waals surface area contributed by atoms with Crippen LogP contribution in [0.5, 0.6) is 0 Å². The van der Waals surface area contributed by atoms with E-state index in [0.29, 0.717) is 29.6 Å². The number of aliphatic hydroxyl groups is 1. The Morgan fingerprint density at radius 1 is 1.17 bits per heavy atom. The van der Waals surface area contributed by atoms with Crippen LogP contribution in [0.3, 0.4) is 0 Å². The molecule has 0 aliphatic rings. The number of carbonyl (C=O) groups excluding carboxylic acids is 1. The summed E-state index contributed by atoms with van der Waals surface area (Å²) in [6.07, 6.45) is 0.561. The number of aromatic nitrogens is 1. The lowest BCUT2D eigenvalue weighted by Gasteiger charge is -2.16. The maximum Gasteiger partial charge on any atom is 0.267 e. The highest BCUT2D eigenvalue weighted by molar-refractivity contribution is 5.98. The van der Waals surface area contributed by atoms with Crippen LogP contribution in [0.4, 0.5) is 4.39 Å². The average molecular weight is 326 g/mol. The Bertz CT molecular complexity index is 830. The van der Waals surface area contributed by atoms with Crippen molar-refractivity contribution in [1.29, 1.82) is 0 Å². The number of aromatic amines is 1. The molecule has 1 atom stereocenters. The molecule has 24 heavy (non-hydrogen) atoms. The Hall–Kier alpha value is -2.66. The average Bonchev–Trinajstić information content (AvgIpc) is 3.05. The smallest absolute Gasteiger partial charge is 0.267 e. The molecule has 0 aliphatic heterocycles. The Morgan fingerprint density at radius 3 is 2.67 bits per heavy atom. The van der Waals surface area contributed by atoms with E-state index < -0.39 is 0 Å². The normalized spacial score (nSPS) is 12.2. The quantitative estimate of drug-likeness (QED) is 0.651. The molecule has 0 saturated carbocycles. The molecule has 0 fully saturated rings. The predicted octanol–water partition coefficient (Wildman–Crippen LogP) is 3.20. The second-order valence-corrected chi connectivity index (χ2v) is 5.71. The third-order valence-electron chi connectivity index (χ3n) is 4.11. The number of halogens is 1. The zero-order valence-corrected chi connectivity index (χ0v) is 13.1. The summed E-state index contributed by atoms with van der Waals surface area (Å²) in [5, 5.41) is 12.5. The summed E-state index contributed by atoms with van der Waals surface area (Å²) in [4.78, 5) is 15.3. The Kier molecular flexibility index (Phi) is 4.91. The lowest BCUT2D eigenvalue weighted by molar-refractivity contribution is 0.0945. The van der Waals surface area contributed by atoms with Gasteiger partial charge in [0.2, 0.25) is 0 Å². The van der Waals surface area contributed by atoms with Crippen molar-refractivity contribution < 1.29 is 14.3 Å². The van der Waals surface area contributed by atoms with Crippen LogP contribution in [0.15, 0.2) is 54.6 Å². The van der Waals surface area contributed by atoms with Crippen LogP contribution in [0, 0.1) is 5.82 Å². The number of aliphatic hydroxyl groups excluding tert-OH is 1. The Balaban J connectivity index is 1.72. The van der Waals surface area contributed by atoms with Crippen molar-refractivity contribution in [2.45, 2.75) is 12.3 Å². The predicted molar refractivity (Wildman–Crippen MR) is 91.5 cm³/mol. The molecule has 0 radical (unpaired) electrons. The molecule has 4 nitrogen and oxygen atoms in total. The summed E-state index contributed by atoms with van der Waals surface area (Å²) >= 11 is 0. The monoisotopic (exact) mass is 326 g/mol. The highest BCUT2D eigenvalue weighted by Crippen LogP contribution is 2.20. The van der Waals surface area contributed by atoms with Crippen LogP contribution in [-0.4, -0.2) is 29.1 Å². The summed E-state index contributed by atoms with van der Waals surface area (Å²) < 4.78 is 13.7. The molecule has 3 rings (SSSR count). The fraction of sp³-hybridized carbons (Fsp3) is 0.211. The fourth-order valence-corrected chi connectivity index (χ4v) is 2.82. The number of rotatable bonds is 6. The van der Waals surface area contributed by atoms with E-state index in [9.17, 15) is 14.3 Å². The maximum absolute atomic E-state index is 13.7. The van der Waals surface area contributed by atoms with E-state index >= 15 is 0 Å². The van der Waals surface area contributed by atoms with Crippen molar-refractivity contribution in [3.8, 4) is 0 Å². The minimum atomic E-state index is -0.356. The van der Waals surface area contributed by atoms with Gasteiger partial charge in [-0.2, -0.15) is 0 Å².